The molecule has 1 nitrogen and oxygen atoms in total. The molecule has 0 unspecified atom stereocenters. The van der Waals surface area contributed by atoms with E-state index in [9.17, 15) is 0 Å². The number of ether oxygens (including phenoxy) is 1. The third kappa shape index (κ3) is 2.94. The number of halogens is 3. The summed E-state index contributed by atoms with van der Waals surface area (Å²) in [4.78, 5) is 0. The third-order valence-electron chi connectivity index (χ3n) is 1.44. The van der Waals surface area contributed by atoms with Crippen LogP contribution in [0.15, 0.2) is 12.1 Å². The van der Waals surface area contributed by atoms with Crippen molar-refractivity contribution in [3.8, 4) is 5.75 Å². The van der Waals surface area contributed by atoms with Crippen molar-refractivity contribution < 1.29 is 4.74 Å². The monoisotopic (exact) mass is 238 g/mol. The Morgan fingerprint density at radius 3 is 2.31 bits per heavy atom. The van der Waals surface area contributed by atoms with Crippen molar-refractivity contribution in [2.45, 2.75) is 13.3 Å². The van der Waals surface area contributed by atoms with E-state index in [1.54, 1.807) is 12.1 Å². The van der Waals surface area contributed by atoms with Gasteiger partial charge in [-0.3, -0.25) is 0 Å². The normalized spacial score (nSPS) is 10.2. The Labute approximate surface area is 92.5 Å². The zero-order valence-corrected chi connectivity index (χ0v) is 9.38. The van der Waals surface area contributed by atoms with Crippen molar-refractivity contribution in [1.82, 2.24) is 0 Å². The second-order valence-electron chi connectivity index (χ2n) is 2.55. The van der Waals surface area contributed by atoms with E-state index in [4.69, 9.17) is 39.5 Å². The highest BCUT2D eigenvalue weighted by molar-refractivity contribution is 6.43. The molecule has 0 aliphatic rings. The molecule has 0 bridgehead atoms. The highest BCUT2D eigenvalue weighted by Crippen LogP contribution is 2.33. The molecule has 0 aliphatic heterocycles. The van der Waals surface area contributed by atoms with Gasteiger partial charge in [0.25, 0.3) is 0 Å². The minimum Gasteiger partial charge on any atom is -0.492 e. The first-order valence-electron chi connectivity index (χ1n) is 3.92. The summed E-state index contributed by atoms with van der Waals surface area (Å²) >= 11 is 17.4. The first-order chi connectivity index (χ1) is 6.15. The van der Waals surface area contributed by atoms with Crippen LogP contribution in [-0.4, -0.2) is 6.61 Å². The van der Waals surface area contributed by atoms with Gasteiger partial charge < -0.3 is 4.74 Å². The fourth-order valence-electron chi connectivity index (χ4n) is 0.827. The molecule has 0 N–H and O–H groups in total. The zero-order valence-electron chi connectivity index (χ0n) is 7.11. The Morgan fingerprint density at radius 1 is 1.08 bits per heavy atom. The lowest BCUT2D eigenvalue weighted by Crippen LogP contribution is -1.95. The molecule has 1 aromatic carbocycles. The predicted molar refractivity (Wildman–Crippen MR) is 57.3 cm³/mol. The molecule has 0 saturated heterocycles. The largest absolute Gasteiger partial charge is 0.492 e. The number of benzene rings is 1. The molecule has 0 fully saturated rings. The van der Waals surface area contributed by atoms with Crippen LogP contribution in [0.1, 0.15) is 13.3 Å². The molecule has 0 aliphatic carbocycles. The fourth-order valence-corrected chi connectivity index (χ4v) is 1.42. The van der Waals surface area contributed by atoms with Gasteiger partial charge in [-0.05, 0) is 12.5 Å². The van der Waals surface area contributed by atoms with Crippen LogP contribution < -0.4 is 4.74 Å². The predicted octanol–water partition coefficient (Wildman–Crippen LogP) is 4.44. The van der Waals surface area contributed by atoms with Gasteiger partial charge in [0.05, 0.1) is 21.7 Å². The Morgan fingerprint density at radius 2 is 1.69 bits per heavy atom. The summed E-state index contributed by atoms with van der Waals surface area (Å²) in [5, 5.41) is 1.38. The average Bonchev–Trinajstić information content (AvgIpc) is 2.09. The maximum absolute atomic E-state index is 5.87. The Kier molecular flexibility index (Phi) is 4.17. The molecular weight excluding hydrogens is 230 g/mol. The molecule has 0 radical (unpaired) electrons. The second kappa shape index (κ2) is 4.94. The number of hydrogen-bond acceptors (Lipinski definition) is 1. The summed E-state index contributed by atoms with van der Waals surface area (Å²) in [7, 11) is 0. The molecular formula is C9H9Cl3O. The van der Waals surface area contributed by atoms with Gasteiger partial charge in [0.15, 0.2) is 0 Å². The van der Waals surface area contributed by atoms with Gasteiger partial charge in [-0.25, -0.2) is 0 Å². The number of rotatable bonds is 3. The van der Waals surface area contributed by atoms with Crippen LogP contribution in [0.4, 0.5) is 0 Å². The van der Waals surface area contributed by atoms with Crippen molar-refractivity contribution in [3.05, 3.63) is 27.2 Å². The molecule has 1 rings (SSSR count). The lowest BCUT2D eigenvalue weighted by Gasteiger charge is -2.07. The van der Waals surface area contributed by atoms with Crippen LogP contribution in [0, 0.1) is 0 Å². The van der Waals surface area contributed by atoms with Crippen LogP contribution in [-0.2, 0) is 0 Å². The molecule has 13 heavy (non-hydrogen) atoms. The average molecular weight is 240 g/mol. The van der Waals surface area contributed by atoms with Crippen molar-refractivity contribution in [2.24, 2.45) is 0 Å². The SMILES string of the molecule is CCCOc1cc(Cl)c(Cl)cc1Cl. The zero-order chi connectivity index (χ0) is 9.84. The standard InChI is InChI=1S/C9H9Cl3O/c1-2-3-13-9-5-7(11)6(10)4-8(9)12/h4-5H,2-3H2,1H3. The second-order valence-corrected chi connectivity index (χ2v) is 3.77. The van der Waals surface area contributed by atoms with Crippen molar-refractivity contribution in [3.63, 3.8) is 0 Å². The van der Waals surface area contributed by atoms with Crippen molar-refractivity contribution >= 4 is 34.8 Å². The van der Waals surface area contributed by atoms with E-state index >= 15 is 0 Å². The van der Waals surface area contributed by atoms with E-state index in [0.717, 1.165) is 6.42 Å². The van der Waals surface area contributed by atoms with Gasteiger partial charge >= 0.3 is 0 Å². The molecule has 0 atom stereocenters. The lowest BCUT2D eigenvalue weighted by molar-refractivity contribution is 0.317. The van der Waals surface area contributed by atoms with E-state index in [-0.39, 0.29) is 0 Å². The molecule has 0 heterocycles. The fraction of sp³-hybridized carbons (Fsp3) is 0.333. The molecule has 0 spiro atoms. The van der Waals surface area contributed by atoms with Gasteiger partial charge in [0.2, 0.25) is 0 Å². The first kappa shape index (κ1) is 11.0. The first-order valence-corrected chi connectivity index (χ1v) is 5.06. The smallest absolute Gasteiger partial charge is 0.139 e. The minimum atomic E-state index is 0.440. The molecule has 1 aromatic rings. The third-order valence-corrected chi connectivity index (χ3v) is 2.45. The Balaban J connectivity index is 2.88. The lowest BCUT2D eigenvalue weighted by atomic mass is 10.3. The summed E-state index contributed by atoms with van der Waals surface area (Å²) in [5.41, 5.74) is 0. The highest BCUT2D eigenvalue weighted by atomic mass is 35.5. The molecule has 0 saturated carbocycles. The molecule has 72 valence electrons. The van der Waals surface area contributed by atoms with E-state index in [1.165, 1.54) is 0 Å². The summed E-state index contributed by atoms with van der Waals surface area (Å²) in [5.74, 6) is 0.581. The van der Waals surface area contributed by atoms with Crippen molar-refractivity contribution in [1.29, 1.82) is 0 Å². The minimum absolute atomic E-state index is 0.440. The van der Waals surface area contributed by atoms with E-state index in [1.807, 2.05) is 6.92 Å². The molecule has 0 amide bonds. The van der Waals surface area contributed by atoms with E-state index in [2.05, 4.69) is 0 Å². The van der Waals surface area contributed by atoms with Gasteiger partial charge in [0.1, 0.15) is 5.75 Å². The Hall–Kier alpha value is -0.110. The highest BCUT2D eigenvalue weighted by Gasteiger charge is 2.06. The summed E-state index contributed by atoms with van der Waals surface area (Å²) in [6.07, 6.45) is 0.927. The van der Waals surface area contributed by atoms with Crippen molar-refractivity contribution in [2.75, 3.05) is 6.61 Å². The van der Waals surface area contributed by atoms with Crippen LogP contribution in [0.25, 0.3) is 0 Å². The number of hydrogen-bond donors (Lipinski definition) is 0. The van der Waals surface area contributed by atoms with Gasteiger partial charge in [-0.1, -0.05) is 41.7 Å². The van der Waals surface area contributed by atoms with E-state index < -0.39 is 0 Å². The maximum Gasteiger partial charge on any atom is 0.139 e. The van der Waals surface area contributed by atoms with Gasteiger partial charge in [-0.15, -0.1) is 0 Å². The quantitative estimate of drug-likeness (QED) is 0.709. The summed E-state index contributed by atoms with van der Waals surface area (Å²) in [6.45, 7) is 2.64. The van der Waals surface area contributed by atoms with Gasteiger partial charge in [-0.2, -0.15) is 0 Å². The van der Waals surface area contributed by atoms with Crippen LogP contribution in [0.2, 0.25) is 15.1 Å². The van der Waals surface area contributed by atoms with Crippen LogP contribution >= 0.6 is 34.8 Å². The van der Waals surface area contributed by atoms with Crippen LogP contribution in [0.5, 0.6) is 5.75 Å². The summed E-state index contributed by atoms with van der Waals surface area (Å²) in [6, 6.07) is 3.21. The Bertz CT molecular complexity index is 299. The van der Waals surface area contributed by atoms with E-state index in [0.29, 0.717) is 27.4 Å². The van der Waals surface area contributed by atoms with Crippen LogP contribution in [0.3, 0.4) is 0 Å². The van der Waals surface area contributed by atoms with Gasteiger partial charge in [0, 0.05) is 6.07 Å². The molecule has 4 heteroatoms. The summed E-state index contributed by atoms with van der Waals surface area (Å²) < 4.78 is 5.35. The maximum atomic E-state index is 5.87. The molecule has 0 aromatic heterocycles. The topological polar surface area (TPSA) is 9.23 Å².